The maximum atomic E-state index is 12.8. The van der Waals surface area contributed by atoms with Crippen LogP contribution in [0.1, 0.15) is 15.9 Å². The number of aliphatic carboxylic acids is 1. The van der Waals surface area contributed by atoms with Crippen LogP contribution in [-0.2, 0) is 16.1 Å². The molecule has 1 aliphatic rings. The molecule has 2 amide bonds. The van der Waals surface area contributed by atoms with Gasteiger partial charge in [0, 0.05) is 12.2 Å². The number of carboxylic acid groups (broad SMARTS) is 1. The van der Waals surface area contributed by atoms with Crippen molar-refractivity contribution in [2.45, 2.75) is 12.6 Å². The zero-order valence-corrected chi connectivity index (χ0v) is 13.2. The lowest BCUT2D eigenvalue weighted by Crippen LogP contribution is -2.43. The smallest absolute Gasteiger partial charge is 0.328 e. The second-order valence-electron chi connectivity index (χ2n) is 5.65. The van der Waals surface area contributed by atoms with Crippen molar-refractivity contribution in [3.05, 3.63) is 53.6 Å². The first-order valence-corrected chi connectivity index (χ1v) is 7.64. The molecule has 0 fully saturated rings. The number of carbonyl (C=O) groups excluding carboxylic acids is 2. The van der Waals surface area contributed by atoms with Crippen LogP contribution in [0, 0.1) is 0 Å². The quantitative estimate of drug-likeness (QED) is 0.688. The molecule has 0 radical (unpaired) electrons. The van der Waals surface area contributed by atoms with Crippen LogP contribution in [0.25, 0.3) is 11.1 Å². The lowest BCUT2D eigenvalue weighted by Gasteiger charge is -2.22. The fraction of sp³-hybridized carbons (Fsp3) is 0.167. The summed E-state index contributed by atoms with van der Waals surface area (Å²) in [5, 5.41) is 21.1. The molecule has 128 valence electrons. The molecule has 7 heteroatoms. The Kier molecular flexibility index (Phi) is 4.49. The van der Waals surface area contributed by atoms with Crippen molar-refractivity contribution in [3.63, 3.8) is 0 Å². The number of rotatable bonds is 6. The third-order valence-corrected chi connectivity index (χ3v) is 4.22. The van der Waals surface area contributed by atoms with Gasteiger partial charge in [0.2, 0.25) is 6.41 Å². The molecule has 1 heterocycles. The van der Waals surface area contributed by atoms with Crippen LogP contribution >= 0.6 is 0 Å². The Morgan fingerprint density at radius 3 is 2.56 bits per heavy atom. The van der Waals surface area contributed by atoms with E-state index in [0.29, 0.717) is 23.2 Å². The van der Waals surface area contributed by atoms with Gasteiger partial charge in [-0.25, -0.2) is 4.79 Å². The van der Waals surface area contributed by atoms with Gasteiger partial charge in [-0.05, 0) is 28.8 Å². The van der Waals surface area contributed by atoms with Gasteiger partial charge < -0.3 is 20.4 Å². The maximum Gasteiger partial charge on any atom is 0.328 e. The molecule has 25 heavy (non-hydrogen) atoms. The molecular formula is C18H16N2O5. The number of aliphatic hydroxyl groups is 1. The minimum Gasteiger partial charge on any atom is -0.480 e. The van der Waals surface area contributed by atoms with Gasteiger partial charge in [-0.2, -0.15) is 0 Å². The van der Waals surface area contributed by atoms with E-state index >= 15 is 0 Å². The van der Waals surface area contributed by atoms with Gasteiger partial charge in [0.1, 0.15) is 0 Å². The number of hydrogen-bond donors (Lipinski definition) is 3. The summed E-state index contributed by atoms with van der Waals surface area (Å²) in [5.41, 5.74) is 3.25. The lowest BCUT2D eigenvalue weighted by atomic mass is 9.96. The van der Waals surface area contributed by atoms with E-state index in [0.717, 1.165) is 11.1 Å². The molecule has 3 N–H and O–H groups in total. The van der Waals surface area contributed by atoms with E-state index < -0.39 is 24.5 Å². The van der Waals surface area contributed by atoms with Crippen molar-refractivity contribution in [2.24, 2.45) is 0 Å². The molecule has 1 unspecified atom stereocenters. The number of nitrogens with one attached hydrogen (secondary N) is 1. The summed E-state index contributed by atoms with van der Waals surface area (Å²) in [6, 6.07) is 11.1. The van der Waals surface area contributed by atoms with Crippen molar-refractivity contribution >= 4 is 24.0 Å². The number of aliphatic hydroxyl groups excluding tert-OH is 1. The van der Waals surface area contributed by atoms with E-state index in [2.05, 4.69) is 5.32 Å². The monoisotopic (exact) mass is 340 g/mol. The number of hydrogen-bond acceptors (Lipinski definition) is 4. The van der Waals surface area contributed by atoms with E-state index in [1.54, 1.807) is 42.5 Å². The fourth-order valence-corrected chi connectivity index (χ4v) is 3.00. The molecule has 1 aliphatic heterocycles. The highest BCUT2D eigenvalue weighted by Crippen LogP contribution is 2.34. The Morgan fingerprint density at radius 2 is 1.96 bits per heavy atom. The highest BCUT2D eigenvalue weighted by atomic mass is 16.4. The Balaban J connectivity index is 1.99. The molecule has 0 aromatic heterocycles. The molecule has 0 aliphatic carbocycles. The molecule has 0 spiro atoms. The van der Waals surface area contributed by atoms with Crippen molar-refractivity contribution in [2.75, 3.05) is 11.9 Å². The van der Waals surface area contributed by atoms with Crippen LogP contribution in [0.3, 0.4) is 0 Å². The third kappa shape index (κ3) is 2.97. The van der Waals surface area contributed by atoms with Crippen LogP contribution in [-0.4, -0.2) is 46.0 Å². The second-order valence-corrected chi connectivity index (χ2v) is 5.65. The van der Waals surface area contributed by atoms with Crippen LogP contribution in [0.4, 0.5) is 5.69 Å². The summed E-state index contributed by atoms with van der Waals surface area (Å²) >= 11 is 0. The SMILES string of the molecule is O=CNc1ccc(-c2cccc3c2C(=O)N(C(CO)C(=O)O)C3)cc1. The number of fused-ring (bicyclic) bond motifs is 1. The molecular weight excluding hydrogens is 324 g/mol. The third-order valence-electron chi connectivity index (χ3n) is 4.22. The topological polar surface area (TPSA) is 107 Å². The molecule has 2 aromatic rings. The van der Waals surface area contributed by atoms with Gasteiger partial charge in [-0.1, -0.05) is 30.3 Å². The van der Waals surface area contributed by atoms with Crippen LogP contribution in [0.15, 0.2) is 42.5 Å². The summed E-state index contributed by atoms with van der Waals surface area (Å²) in [6.45, 7) is -0.499. The highest BCUT2D eigenvalue weighted by Gasteiger charge is 2.37. The van der Waals surface area contributed by atoms with Crippen molar-refractivity contribution in [1.29, 1.82) is 0 Å². The summed E-state index contributed by atoms with van der Waals surface area (Å²) in [4.78, 5) is 35.7. The number of benzene rings is 2. The summed E-state index contributed by atoms with van der Waals surface area (Å²) in [6.07, 6.45) is 0.581. The van der Waals surface area contributed by atoms with Gasteiger partial charge in [-0.3, -0.25) is 9.59 Å². The molecule has 3 rings (SSSR count). The Bertz CT molecular complexity index is 832. The van der Waals surface area contributed by atoms with Crippen molar-refractivity contribution in [1.82, 2.24) is 4.90 Å². The van der Waals surface area contributed by atoms with Crippen LogP contribution in [0.2, 0.25) is 0 Å². The normalized spacial score (nSPS) is 14.1. The van der Waals surface area contributed by atoms with Crippen molar-refractivity contribution < 1.29 is 24.6 Å². The van der Waals surface area contributed by atoms with Crippen LogP contribution < -0.4 is 5.32 Å². The van der Waals surface area contributed by atoms with Crippen molar-refractivity contribution in [3.8, 4) is 11.1 Å². The minimum atomic E-state index is -1.27. The zero-order chi connectivity index (χ0) is 18.0. The first-order valence-electron chi connectivity index (χ1n) is 7.64. The molecule has 0 bridgehead atoms. The Hall–Kier alpha value is -3.19. The predicted octanol–water partition coefficient (Wildman–Crippen LogP) is 1.32. The standard InChI is InChI=1S/C18H16N2O5/c21-9-15(18(24)25)20-8-12-2-1-3-14(16(12)17(20)23)11-4-6-13(7-5-11)19-10-22/h1-7,10,15,21H,8-9H2,(H,19,22)(H,24,25). The van der Waals surface area contributed by atoms with E-state index in [-0.39, 0.29) is 6.54 Å². The molecule has 1 atom stereocenters. The van der Waals surface area contributed by atoms with E-state index in [1.165, 1.54) is 4.90 Å². The van der Waals surface area contributed by atoms with E-state index in [4.69, 9.17) is 0 Å². The van der Waals surface area contributed by atoms with E-state index in [1.807, 2.05) is 0 Å². The summed E-state index contributed by atoms with van der Waals surface area (Å²) in [5.74, 6) is -1.66. The average molecular weight is 340 g/mol. The van der Waals surface area contributed by atoms with Crippen LogP contribution in [0.5, 0.6) is 0 Å². The maximum absolute atomic E-state index is 12.8. The molecule has 2 aromatic carbocycles. The number of amides is 2. The van der Waals surface area contributed by atoms with Gasteiger partial charge in [0.15, 0.2) is 6.04 Å². The summed E-state index contributed by atoms with van der Waals surface area (Å²) < 4.78 is 0. The van der Waals surface area contributed by atoms with E-state index in [9.17, 15) is 24.6 Å². The molecule has 0 saturated heterocycles. The average Bonchev–Trinajstić information content (AvgIpc) is 2.93. The Labute approximate surface area is 143 Å². The van der Waals surface area contributed by atoms with Gasteiger partial charge >= 0.3 is 5.97 Å². The molecule has 7 nitrogen and oxygen atoms in total. The first-order chi connectivity index (χ1) is 12.1. The minimum absolute atomic E-state index is 0.143. The predicted molar refractivity (Wildman–Crippen MR) is 89.9 cm³/mol. The number of carbonyl (C=O) groups is 3. The van der Waals surface area contributed by atoms with Gasteiger partial charge in [0.25, 0.3) is 5.91 Å². The zero-order valence-electron chi connectivity index (χ0n) is 13.2. The number of anilines is 1. The first kappa shape index (κ1) is 16.7. The highest BCUT2D eigenvalue weighted by molar-refractivity contribution is 6.06. The largest absolute Gasteiger partial charge is 0.480 e. The lowest BCUT2D eigenvalue weighted by molar-refractivity contribution is -0.143. The Morgan fingerprint density at radius 1 is 1.24 bits per heavy atom. The van der Waals surface area contributed by atoms with Gasteiger partial charge in [-0.15, -0.1) is 0 Å². The molecule has 0 saturated carbocycles. The van der Waals surface area contributed by atoms with Gasteiger partial charge in [0.05, 0.1) is 12.2 Å². The second kappa shape index (κ2) is 6.74. The summed E-state index contributed by atoms with van der Waals surface area (Å²) in [7, 11) is 0. The number of nitrogens with zero attached hydrogens (tertiary/aromatic N) is 1. The fourth-order valence-electron chi connectivity index (χ4n) is 3.00. The number of carboxylic acids is 1.